The van der Waals surface area contributed by atoms with Crippen molar-refractivity contribution in [3.05, 3.63) is 23.9 Å². The lowest BCUT2D eigenvalue weighted by Gasteiger charge is -2.33. The van der Waals surface area contributed by atoms with Crippen molar-refractivity contribution in [3.63, 3.8) is 0 Å². The van der Waals surface area contributed by atoms with Crippen LogP contribution in [0.3, 0.4) is 0 Å². The molecule has 0 aliphatic carbocycles. The number of rotatable bonds is 6. The van der Waals surface area contributed by atoms with Crippen LogP contribution in [0.5, 0.6) is 0 Å². The van der Waals surface area contributed by atoms with Crippen LogP contribution in [0, 0.1) is 12.8 Å². The number of aromatic nitrogens is 1. The SMILES string of the molecule is CCNC(=NCCC(=O)Nc1cccc(C)n1)N1CCC(C(=O)OC)CC1.I. The molecular weight excluding hydrogens is 473 g/mol. The van der Waals surface area contributed by atoms with Gasteiger partial charge in [-0.3, -0.25) is 14.6 Å². The topological polar surface area (TPSA) is 95.9 Å². The minimum Gasteiger partial charge on any atom is -0.469 e. The lowest BCUT2D eigenvalue weighted by atomic mass is 9.97. The monoisotopic (exact) mass is 503 g/mol. The van der Waals surface area contributed by atoms with E-state index < -0.39 is 0 Å². The van der Waals surface area contributed by atoms with Crippen LogP contribution in [0.15, 0.2) is 23.2 Å². The Kier molecular flexibility index (Phi) is 10.8. The molecule has 2 heterocycles. The fourth-order valence-electron chi connectivity index (χ4n) is 3.00. The van der Waals surface area contributed by atoms with Gasteiger partial charge in [-0.05, 0) is 38.8 Å². The summed E-state index contributed by atoms with van der Waals surface area (Å²) >= 11 is 0. The van der Waals surface area contributed by atoms with E-state index in [2.05, 4.69) is 25.5 Å². The van der Waals surface area contributed by atoms with Gasteiger partial charge in [-0.2, -0.15) is 0 Å². The summed E-state index contributed by atoms with van der Waals surface area (Å²) < 4.78 is 4.83. The van der Waals surface area contributed by atoms with E-state index in [-0.39, 0.29) is 48.2 Å². The summed E-state index contributed by atoms with van der Waals surface area (Å²) in [5, 5.41) is 6.04. The van der Waals surface area contributed by atoms with Crippen LogP contribution in [-0.2, 0) is 14.3 Å². The number of esters is 1. The Labute approximate surface area is 183 Å². The van der Waals surface area contributed by atoms with E-state index >= 15 is 0 Å². The number of ether oxygens (including phenoxy) is 1. The molecule has 1 aromatic heterocycles. The van der Waals surface area contributed by atoms with Crippen LogP contribution in [0.25, 0.3) is 0 Å². The molecule has 8 nitrogen and oxygen atoms in total. The number of carbonyl (C=O) groups is 2. The smallest absolute Gasteiger partial charge is 0.308 e. The fourth-order valence-corrected chi connectivity index (χ4v) is 3.00. The van der Waals surface area contributed by atoms with Gasteiger partial charge in [0.05, 0.1) is 19.6 Å². The van der Waals surface area contributed by atoms with Crippen molar-refractivity contribution in [2.75, 3.05) is 38.6 Å². The number of anilines is 1. The second-order valence-corrected chi connectivity index (χ2v) is 6.48. The molecule has 1 aliphatic heterocycles. The van der Waals surface area contributed by atoms with Gasteiger partial charge >= 0.3 is 5.97 Å². The van der Waals surface area contributed by atoms with Crippen LogP contribution >= 0.6 is 24.0 Å². The average Bonchev–Trinajstić information content (AvgIpc) is 2.67. The molecule has 0 spiro atoms. The molecule has 1 amide bonds. The summed E-state index contributed by atoms with van der Waals surface area (Å²) in [5.41, 5.74) is 0.857. The number of hydrogen-bond donors (Lipinski definition) is 2. The highest BCUT2D eigenvalue weighted by molar-refractivity contribution is 14.0. The van der Waals surface area contributed by atoms with Crippen molar-refractivity contribution >= 4 is 47.6 Å². The van der Waals surface area contributed by atoms with Gasteiger partial charge in [0.2, 0.25) is 5.91 Å². The summed E-state index contributed by atoms with van der Waals surface area (Å²) in [6.07, 6.45) is 1.77. The number of pyridine rings is 1. The highest BCUT2D eigenvalue weighted by atomic mass is 127. The molecule has 0 saturated carbocycles. The molecule has 0 unspecified atom stereocenters. The molecule has 0 atom stereocenters. The van der Waals surface area contributed by atoms with Gasteiger partial charge in [0, 0.05) is 31.7 Å². The summed E-state index contributed by atoms with van der Waals surface area (Å²) in [7, 11) is 1.43. The van der Waals surface area contributed by atoms with Crippen molar-refractivity contribution in [1.29, 1.82) is 0 Å². The first-order valence-electron chi connectivity index (χ1n) is 9.38. The summed E-state index contributed by atoms with van der Waals surface area (Å²) in [6.45, 7) is 6.50. The first-order chi connectivity index (χ1) is 13.0. The number of aryl methyl sites for hydroxylation is 1. The van der Waals surface area contributed by atoms with Gasteiger partial charge in [-0.15, -0.1) is 24.0 Å². The van der Waals surface area contributed by atoms with Gasteiger partial charge in [-0.25, -0.2) is 4.98 Å². The van der Waals surface area contributed by atoms with Crippen LogP contribution < -0.4 is 10.6 Å². The largest absolute Gasteiger partial charge is 0.469 e. The zero-order chi connectivity index (χ0) is 19.6. The molecular formula is C19H30IN5O3. The Morgan fingerprint density at radius 2 is 2.04 bits per heavy atom. The third kappa shape index (κ3) is 7.61. The maximum absolute atomic E-state index is 12.1. The minimum atomic E-state index is -0.141. The van der Waals surface area contributed by atoms with Crippen molar-refractivity contribution < 1.29 is 14.3 Å². The zero-order valence-electron chi connectivity index (χ0n) is 16.7. The van der Waals surface area contributed by atoms with Crippen molar-refractivity contribution in [2.45, 2.75) is 33.1 Å². The Morgan fingerprint density at radius 3 is 2.64 bits per heavy atom. The summed E-state index contributed by atoms with van der Waals surface area (Å²) in [4.78, 5) is 34.7. The minimum absolute atomic E-state index is 0. The molecule has 2 N–H and O–H groups in total. The Balaban J connectivity index is 0.00000392. The maximum Gasteiger partial charge on any atom is 0.308 e. The molecule has 156 valence electrons. The predicted molar refractivity (Wildman–Crippen MR) is 120 cm³/mol. The molecule has 28 heavy (non-hydrogen) atoms. The number of amides is 1. The molecule has 1 aliphatic rings. The molecule has 1 aromatic rings. The number of nitrogens with zero attached hydrogens (tertiary/aromatic N) is 3. The highest BCUT2D eigenvalue weighted by Crippen LogP contribution is 2.18. The first kappa shape index (κ1) is 24.1. The molecule has 9 heteroatoms. The third-order valence-corrected chi connectivity index (χ3v) is 4.42. The second-order valence-electron chi connectivity index (χ2n) is 6.48. The number of halogens is 1. The van der Waals surface area contributed by atoms with Crippen molar-refractivity contribution in [2.24, 2.45) is 10.9 Å². The average molecular weight is 503 g/mol. The van der Waals surface area contributed by atoms with Crippen LogP contribution in [-0.4, -0.2) is 61.0 Å². The molecule has 0 aromatic carbocycles. The molecule has 0 bridgehead atoms. The van der Waals surface area contributed by atoms with E-state index in [4.69, 9.17) is 4.74 Å². The number of nitrogens with one attached hydrogen (secondary N) is 2. The Hall–Kier alpha value is -1.91. The molecule has 1 fully saturated rings. The van der Waals surface area contributed by atoms with E-state index in [1.807, 2.05) is 26.0 Å². The van der Waals surface area contributed by atoms with E-state index in [1.54, 1.807) is 6.07 Å². The van der Waals surface area contributed by atoms with Crippen LogP contribution in [0.4, 0.5) is 5.82 Å². The standard InChI is InChI=1S/C19H29N5O3.HI/c1-4-20-19(24-12-9-15(10-13-24)18(26)27-3)21-11-8-17(25)23-16-7-5-6-14(2)22-16;/h5-7,15H,4,8-13H2,1-3H3,(H,20,21)(H,22,23,25);1H. The van der Waals surface area contributed by atoms with Gasteiger partial charge in [0.25, 0.3) is 0 Å². The van der Waals surface area contributed by atoms with E-state index in [1.165, 1.54) is 7.11 Å². The number of piperidine rings is 1. The lowest BCUT2D eigenvalue weighted by Crippen LogP contribution is -2.46. The normalized spacial score (nSPS) is 14.8. The maximum atomic E-state index is 12.1. The van der Waals surface area contributed by atoms with Gasteiger partial charge in [-0.1, -0.05) is 6.07 Å². The van der Waals surface area contributed by atoms with Crippen molar-refractivity contribution in [3.8, 4) is 0 Å². The summed E-state index contributed by atoms with van der Waals surface area (Å²) in [6, 6.07) is 5.51. The number of aliphatic imine (C=N–C) groups is 1. The number of methoxy groups -OCH3 is 1. The predicted octanol–water partition coefficient (Wildman–Crippen LogP) is 2.19. The van der Waals surface area contributed by atoms with Crippen LogP contribution in [0.1, 0.15) is 31.9 Å². The number of guanidine groups is 1. The van der Waals surface area contributed by atoms with Gasteiger partial charge in [0.1, 0.15) is 5.82 Å². The van der Waals surface area contributed by atoms with Gasteiger partial charge in [0.15, 0.2) is 5.96 Å². The lowest BCUT2D eigenvalue weighted by molar-refractivity contribution is -0.146. The highest BCUT2D eigenvalue weighted by Gasteiger charge is 2.26. The second kappa shape index (κ2) is 12.5. The fraction of sp³-hybridized carbons (Fsp3) is 0.579. The molecule has 0 radical (unpaired) electrons. The number of likely N-dealkylation sites (tertiary alicyclic amines) is 1. The quantitative estimate of drug-likeness (QED) is 0.268. The summed E-state index contributed by atoms with van der Waals surface area (Å²) in [5.74, 6) is 1.04. The Morgan fingerprint density at radius 1 is 1.32 bits per heavy atom. The number of hydrogen-bond acceptors (Lipinski definition) is 5. The van der Waals surface area contributed by atoms with E-state index in [9.17, 15) is 9.59 Å². The van der Waals surface area contributed by atoms with Gasteiger partial charge < -0.3 is 20.3 Å². The molecule has 2 rings (SSSR count). The van der Waals surface area contributed by atoms with E-state index in [0.29, 0.717) is 12.4 Å². The van der Waals surface area contributed by atoms with Crippen LogP contribution in [0.2, 0.25) is 0 Å². The number of carbonyl (C=O) groups excluding carboxylic acids is 2. The third-order valence-electron chi connectivity index (χ3n) is 4.42. The Bertz CT molecular complexity index is 675. The molecule has 1 saturated heterocycles. The van der Waals surface area contributed by atoms with Crippen molar-refractivity contribution in [1.82, 2.24) is 15.2 Å². The zero-order valence-corrected chi connectivity index (χ0v) is 19.1. The first-order valence-corrected chi connectivity index (χ1v) is 9.38. The van der Waals surface area contributed by atoms with E-state index in [0.717, 1.165) is 44.1 Å².